The molecular weight excluding hydrogens is 220 g/mol. The van der Waals surface area contributed by atoms with Gasteiger partial charge in [-0.3, -0.25) is 9.59 Å². The number of carboxylic acids is 1. The van der Waals surface area contributed by atoms with Gasteiger partial charge in [-0.1, -0.05) is 6.42 Å². The van der Waals surface area contributed by atoms with Crippen LogP contribution in [0.25, 0.3) is 0 Å². The number of amides is 1. The molecule has 1 saturated carbocycles. The van der Waals surface area contributed by atoms with E-state index in [1.165, 1.54) is 0 Å². The molecule has 3 N–H and O–H groups in total. The minimum absolute atomic E-state index is 0.0399. The van der Waals surface area contributed by atoms with Gasteiger partial charge in [-0.25, -0.2) is 0 Å². The van der Waals surface area contributed by atoms with Crippen LogP contribution in [-0.4, -0.2) is 35.6 Å². The van der Waals surface area contributed by atoms with Crippen molar-refractivity contribution in [2.45, 2.75) is 51.1 Å². The van der Waals surface area contributed by atoms with E-state index < -0.39 is 11.4 Å². The molecule has 3 atom stereocenters. The Morgan fingerprint density at radius 1 is 1.35 bits per heavy atom. The van der Waals surface area contributed by atoms with E-state index in [0.29, 0.717) is 6.42 Å². The van der Waals surface area contributed by atoms with Crippen LogP contribution in [0, 0.1) is 5.41 Å². The summed E-state index contributed by atoms with van der Waals surface area (Å²) in [4.78, 5) is 23.2. The fourth-order valence-electron chi connectivity index (χ4n) is 2.83. The summed E-state index contributed by atoms with van der Waals surface area (Å²) in [6.45, 7) is 2.61. The van der Waals surface area contributed by atoms with Crippen LogP contribution in [-0.2, 0) is 9.59 Å². The highest BCUT2D eigenvalue weighted by molar-refractivity contribution is 5.84. The molecule has 5 heteroatoms. The maximum Gasteiger partial charge on any atom is 0.311 e. The molecule has 5 nitrogen and oxygen atoms in total. The molecule has 96 valence electrons. The van der Waals surface area contributed by atoms with Gasteiger partial charge in [-0.15, -0.1) is 0 Å². The average Bonchev–Trinajstić information content (AvgIpc) is 2.89. The van der Waals surface area contributed by atoms with Crippen LogP contribution in [0.2, 0.25) is 0 Å². The lowest BCUT2D eigenvalue weighted by Gasteiger charge is -2.28. The molecule has 1 aliphatic carbocycles. The minimum Gasteiger partial charge on any atom is -0.481 e. The highest BCUT2D eigenvalue weighted by atomic mass is 16.4. The summed E-state index contributed by atoms with van der Waals surface area (Å²) in [7, 11) is 0. The smallest absolute Gasteiger partial charge is 0.311 e. The third-order valence-electron chi connectivity index (χ3n) is 4.14. The maximum absolute atomic E-state index is 11.9. The van der Waals surface area contributed by atoms with Gasteiger partial charge >= 0.3 is 5.97 Å². The molecule has 1 amide bonds. The van der Waals surface area contributed by atoms with Crippen molar-refractivity contribution in [3.8, 4) is 0 Å². The SMILES string of the molecule is CC1(C(=O)O)CCCC1NC(=O)C1CCCN1. The molecule has 2 rings (SSSR count). The quantitative estimate of drug-likeness (QED) is 0.671. The van der Waals surface area contributed by atoms with Gasteiger partial charge in [0.25, 0.3) is 0 Å². The van der Waals surface area contributed by atoms with Gasteiger partial charge in [0.05, 0.1) is 11.5 Å². The van der Waals surface area contributed by atoms with E-state index in [9.17, 15) is 14.7 Å². The first-order chi connectivity index (χ1) is 8.04. The van der Waals surface area contributed by atoms with Crippen LogP contribution in [0.4, 0.5) is 0 Å². The first-order valence-electron chi connectivity index (χ1n) is 6.31. The summed E-state index contributed by atoms with van der Waals surface area (Å²) >= 11 is 0. The number of carboxylic acid groups (broad SMARTS) is 1. The van der Waals surface area contributed by atoms with Crippen LogP contribution in [0.5, 0.6) is 0 Å². The normalized spacial score (nSPS) is 37.0. The first kappa shape index (κ1) is 12.4. The predicted molar refractivity (Wildman–Crippen MR) is 62.5 cm³/mol. The predicted octanol–water partition coefficient (Wildman–Crippen LogP) is 0.498. The van der Waals surface area contributed by atoms with E-state index in [1.807, 2.05) is 0 Å². The van der Waals surface area contributed by atoms with Crippen molar-refractivity contribution in [2.24, 2.45) is 5.41 Å². The number of carbonyl (C=O) groups is 2. The molecule has 0 bridgehead atoms. The van der Waals surface area contributed by atoms with E-state index in [1.54, 1.807) is 6.92 Å². The Labute approximate surface area is 101 Å². The van der Waals surface area contributed by atoms with Crippen LogP contribution in [0.1, 0.15) is 39.0 Å². The van der Waals surface area contributed by atoms with Crippen molar-refractivity contribution in [2.75, 3.05) is 6.54 Å². The van der Waals surface area contributed by atoms with Crippen LogP contribution in [0.3, 0.4) is 0 Å². The van der Waals surface area contributed by atoms with E-state index >= 15 is 0 Å². The zero-order valence-electron chi connectivity index (χ0n) is 10.2. The Bertz CT molecular complexity index is 326. The molecule has 0 spiro atoms. The average molecular weight is 240 g/mol. The number of hydrogen-bond donors (Lipinski definition) is 3. The summed E-state index contributed by atoms with van der Waals surface area (Å²) < 4.78 is 0. The van der Waals surface area contributed by atoms with Gasteiger partial charge in [0.15, 0.2) is 0 Å². The molecule has 17 heavy (non-hydrogen) atoms. The van der Waals surface area contributed by atoms with Gasteiger partial charge in [0.2, 0.25) is 5.91 Å². The van der Waals surface area contributed by atoms with E-state index in [2.05, 4.69) is 10.6 Å². The fraction of sp³-hybridized carbons (Fsp3) is 0.833. The van der Waals surface area contributed by atoms with Crippen molar-refractivity contribution < 1.29 is 14.7 Å². The number of nitrogens with one attached hydrogen (secondary N) is 2. The molecule has 1 aliphatic heterocycles. The van der Waals surface area contributed by atoms with Gasteiger partial charge in [-0.05, 0) is 39.2 Å². The number of carbonyl (C=O) groups excluding carboxylic acids is 1. The Morgan fingerprint density at radius 2 is 2.12 bits per heavy atom. The number of hydrogen-bond acceptors (Lipinski definition) is 3. The van der Waals surface area contributed by atoms with Crippen LogP contribution in [0.15, 0.2) is 0 Å². The lowest BCUT2D eigenvalue weighted by molar-refractivity contribution is -0.149. The Kier molecular flexibility index (Phi) is 3.38. The highest BCUT2D eigenvalue weighted by Crippen LogP contribution is 2.38. The van der Waals surface area contributed by atoms with Gasteiger partial charge in [-0.2, -0.15) is 0 Å². The highest BCUT2D eigenvalue weighted by Gasteiger charge is 2.46. The molecule has 0 aromatic heterocycles. The molecule has 3 unspecified atom stereocenters. The lowest BCUT2D eigenvalue weighted by Crippen LogP contribution is -2.51. The number of aliphatic carboxylic acids is 1. The summed E-state index contributed by atoms with van der Waals surface area (Å²) in [5.41, 5.74) is -0.797. The molecule has 0 aromatic carbocycles. The monoisotopic (exact) mass is 240 g/mol. The third-order valence-corrected chi connectivity index (χ3v) is 4.14. The number of rotatable bonds is 3. The van der Waals surface area contributed by atoms with E-state index in [-0.39, 0.29) is 18.0 Å². The topological polar surface area (TPSA) is 78.4 Å². The summed E-state index contributed by atoms with van der Waals surface area (Å²) in [5.74, 6) is -0.846. The molecule has 2 aliphatic rings. The third kappa shape index (κ3) is 2.29. The fourth-order valence-corrected chi connectivity index (χ4v) is 2.83. The van der Waals surface area contributed by atoms with E-state index in [4.69, 9.17) is 0 Å². The van der Waals surface area contributed by atoms with Gasteiger partial charge in [0, 0.05) is 6.04 Å². The van der Waals surface area contributed by atoms with Crippen LogP contribution < -0.4 is 10.6 Å². The first-order valence-corrected chi connectivity index (χ1v) is 6.31. The molecule has 0 radical (unpaired) electrons. The van der Waals surface area contributed by atoms with Crippen molar-refractivity contribution in [3.63, 3.8) is 0 Å². The van der Waals surface area contributed by atoms with Crippen LogP contribution >= 0.6 is 0 Å². The van der Waals surface area contributed by atoms with Crippen molar-refractivity contribution in [1.82, 2.24) is 10.6 Å². The lowest BCUT2D eigenvalue weighted by atomic mass is 9.85. The maximum atomic E-state index is 11.9. The second kappa shape index (κ2) is 4.64. The second-order valence-corrected chi connectivity index (χ2v) is 5.32. The minimum atomic E-state index is -0.806. The van der Waals surface area contributed by atoms with Crippen molar-refractivity contribution in [3.05, 3.63) is 0 Å². The summed E-state index contributed by atoms with van der Waals surface area (Å²) in [5, 5.41) is 15.3. The summed E-state index contributed by atoms with van der Waals surface area (Å²) in [6, 6.07) is -0.358. The Hall–Kier alpha value is -1.10. The second-order valence-electron chi connectivity index (χ2n) is 5.32. The zero-order valence-corrected chi connectivity index (χ0v) is 10.2. The van der Waals surface area contributed by atoms with Crippen molar-refractivity contribution in [1.29, 1.82) is 0 Å². The summed E-state index contributed by atoms with van der Waals surface area (Å²) in [6.07, 6.45) is 4.14. The Morgan fingerprint density at radius 3 is 2.71 bits per heavy atom. The molecule has 1 heterocycles. The van der Waals surface area contributed by atoms with Crippen molar-refractivity contribution >= 4 is 11.9 Å². The molecule has 1 saturated heterocycles. The van der Waals surface area contributed by atoms with Gasteiger partial charge < -0.3 is 15.7 Å². The van der Waals surface area contributed by atoms with Gasteiger partial charge in [0.1, 0.15) is 0 Å². The Balaban J connectivity index is 1.98. The molecule has 2 fully saturated rings. The molecular formula is C12H20N2O3. The standard InChI is InChI=1S/C12H20N2O3/c1-12(11(16)17)6-2-5-9(12)14-10(15)8-4-3-7-13-8/h8-9,13H,2-7H2,1H3,(H,14,15)(H,16,17). The largest absolute Gasteiger partial charge is 0.481 e. The van der Waals surface area contributed by atoms with E-state index in [0.717, 1.165) is 32.2 Å². The zero-order chi connectivity index (χ0) is 12.5. The molecule has 0 aromatic rings.